The van der Waals surface area contributed by atoms with Crippen molar-refractivity contribution < 1.29 is 0 Å². The second-order valence-corrected chi connectivity index (χ2v) is 4.65. The Hall–Kier alpha value is -1.28. The second kappa shape index (κ2) is 4.30. The van der Waals surface area contributed by atoms with E-state index in [-0.39, 0.29) is 0 Å². The Morgan fingerprint density at radius 2 is 2.06 bits per heavy atom. The van der Waals surface area contributed by atoms with Gasteiger partial charge in [-0.1, -0.05) is 12.1 Å². The molecule has 16 heavy (non-hydrogen) atoms. The molecule has 1 aromatic heterocycles. The molecule has 2 nitrogen and oxygen atoms in total. The number of rotatable bonds is 3. The van der Waals surface area contributed by atoms with Crippen molar-refractivity contribution in [3.05, 3.63) is 35.5 Å². The number of aromatic nitrogens is 1. The molecule has 1 N–H and O–H groups in total. The Kier molecular flexibility index (Phi) is 3.01. The van der Waals surface area contributed by atoms with Crippen molar-refractivity contribution in [3.8, 4) is 0 Å². The fourth-order valence-electron chi connectivity index (χ4n) is 2.11. The molecule has 86 valence electrons. The number of nitrogens with zero attached hydrogens (tertiary/aromatic N) is 1. The molecule has 1 aromatic carbocycles. The summed E-state index contributed by atoms with van der Waals surface area (Å²) in [4.78, 5) is 0. The first-order valence-corrected chi connectivity index (χ1v) is 5.84. The van der Waals surface area contributed by atoms with E-state index < -0.39 is 0 Å². The number of likely N-dealkylation sites (N-methyl/N-ethyl adjacent to an activating group) is 1. The SMILES string of the molecule is CNC(C)Cc1cc2ccc(C)cc2n1C. The maximum absolute atomic E-state index is 3.28. The van der Waals surface area contributed by atoms with Gasteiger partial charge in [-0.2, -0.15) is 0 Å². The van der Waals surface area contributed by atoms with Gasteiger partial charge >= 0.3 is 0 Å². The van der Waals surface area contributed by atoms with E-state index in [1.807, 2.05) is 7.05 Å². The molecule has 2 rings (SSSR count). The van der Waals surface area contributed by atoms with Crippen LogP contribution in [0.3, 0.4) is 0 Å². The van der Waals surface area contributed by atoms with Crippen LogP contribution in [0.25, 0.3) is 10.9 Å². The van der Waals surface area contributed by atoms with Gasteiger partial charge in [0.05, 0.1) is 0 Å². The number of aryl methyl sites for hydroxylation is 2. The molecule has 1 atom stereocenters. The summed E-state index contributed by atoms with van der Waals surface area (Å²) in [6.07, 6.45) is 1.07. The van der Waals surface area contributed by atoms with Gasteiger partial charge < -0.3 is 9.88 Å². The highest BCUT2D eigenvalue weighted by Crippen LogP contribution is 2.20. The molecule has 0 radical (unpaired) electrons. The predicted octanol–water partition coefficient (Wildman–Crippen LogP) is 2.64. The lowest BCUT2D eigenvalue weighted by molar-refractivity contribution is 0.591. The highest BCUT2D eigenvalue weighted by molar-refractivity contribution is 5.82. The molecule has 2 heteroatoms. The molecule has 0 amide bonds. The maximum Gasteiger partial charge on any atom is 0.0482 e. The van der Waals surface area contributed by atoms with Gasteiger partial charge in [0.2, 0.25) is 0 Å². The molecule has 0 fully saturated rings. The fraction of sp³-hybridized carbons (Fsp3) is 0.429. The van der Waals surface area contributed by atoms with Crippen LogP contribution >= 0.6 is 0 Å². The number of hydrogen-bond donors (Lipinski definition) is 1. The molecule has 2 aromatic rings. The second-order valence-electron chi connectivity index (χ2n) is 4.65. The van der Waals surface area contributed by atoms with Crippen molar-refractivity contribution >= 4 is 10.9 Å². The van der Waals surface area contributed by atoms with Crippen LogP contribution < -0.4 is 5.32 Å². The van der Waals surface area contributed by atoms with Crippen LogP contribution in [0.4, 0.5) is 0 Å². The first-order chi connectivity index (χ1) is 7.61. The largest absolute Gasteiger partial charge is 0.348 e. The van der Waals surface area contributed by atoms with Crippen LogP contribution in [-0.4, -0.2) is 17.7 Å². The minimum absolute atomic E-state index is 0.518. The molecule has 0 aliphatic carbocycles. The minimum atomic E-state index is 0.518. The van der Waals surface area contributed by atoms with Crippen molar-refractivity contribution in [1.29, 1.82) is 0 Å². The van der Waals surface area contributed by atoms with Crippen molar-refractivity contribution in [2.24, 2.45) is 7.05 Å². The summed E-state index contributed by atoms with van der Waals surface area (Å²) in [6.45, 7) is 4.35. The summed E-state index contributed by atoms with van der Waals surface area (Å²) in [5.74, 6) is 0. The van der Waals surface area contributed by atoms with E-state index in [2.05, 4.69) is 55.0 Å². The number of nitrogens with one attached hydrogen (secondary N) is 1. The Morgan fingerprint density at radius 3 is 2.75 bits per heavy atom. The third-order valence-electron chi connectivity index (χ3n) is 3.31. The predicted molar refractivity (Wildman–Crippen MR) is 69.9 cm³/mol. The maximum atomic E-state index is 3.28. The van der Waals surface area contributed by atoms with E-state index in [1.165, 1.54) is 22.2 Å². The van der Waals surface area contributed by atoms with E-state index in [0.29, 0.717) is 6.04 Å². The van der Waals surface area contributed by atoms with Crippen LogP contribution in [0, 0.1) is 6.92 Å². The summed E-state index contributed by atoms with van der Waals surface area (Å²) < 4.78 is 2.30. The van der Waals surface area contributed by atoms with Crippen LogP contribution in [0.2, 0.25) is 0 Å². The third-order valence-corrected chi connectivity index (χ3v) is 3.31. The molecule has 0 aliphatic heterocycles. The van der Waals surface area contributed by atoms with Gasteiger partial charge in [-0.3, -0.25) is 0 Å². The molecule has 0 aliphatic rings. The standard InChI is InChI=1S/C14H20N2/c1-10-5-6-12-9-13(8-11(2)15-3)16(4)14(12)7-10/h5-7,9,11,15H,8H2,1-4H3. The van der Waals surface area contributed by atoms with Gasteiger partial charge in [0.25, 0.3) is 0 Å². The van der Waals surface area contributed by atoms with Gasteiger partial charge in [0.15, 0.2) is 0 Å². The van der Waals surface area contributed by atoms with Crippen LogP contribution in [0.1, 0.15) is 18.2 Å². The molecule has 0 saturated heterocycles. The van der Waals surface area contributed by atoms with Gasteiger partial charge in [-0.05, 0) is 44.0 Å². The summed E-state index contributed by atoms with van der Waals surface area (Å²) >= 11 is 0. The van der Waals surface area contributed by atoms with Gasteiger partial charge in [-0.15, -0.1) is 0 Å². The summed E-state index contributed by atoms with van der Waals surface area (Å²) in [5.41, 5.74) is 4.04. The Morgan fingerprint density at radius 1 is 1.31 bits per heavy atom. The topological polar surface area (TPSA) is 17.0 Å². The van der Waals surface area contributed by atoms with E-state index in [9.17, 15) is 0 Å². The first-order valence-electron chi connectivity index (χ1n) is 5.84. The van der Waals surface area contributed by atoms with E-state index >= 15 is 0 Å². The van der Waals surface area contributed by atoms with Crippen molar-refractivity contribution in [2.45, 2.75) is 26.3 Å². The van der Waals surface area contributed by atoms with Gasteiger partial charge in [0, 0.05) is 30.7 Å². The van der Waals surface area contributed by atoms with Gasteiger partial charge in [-0.25, -0.2) is 0 Å². The summed E-state index contributed by atoms with van der Waals surface area (Å²) in [7, 11) is 4.16. The minimum Gasteiger partial charge on any atom is -0.348 e. The van der Waals surface area contributed by atoms with E-state index in [4.69, 9.17) is 0 Å². The lowest BCUT2D eigenvalue weighted by Crippen LogP contribution is -2.24. The van der Waals surface area contributed by atoms with Crippen molar-refractivity contribution in [1.82, 2.24) is 9.88 Å². The lowest BCUT2D eigenvalue weighted by Gasteiger charge is -2.10. The zero-order valence-corrected chi connectivity index (χ0v) is 10.5. The molecular weight excluding hydrogens is 196 g/mol. The number of hydrogen-bond acceptors (Lipinski definition) is 1. The van der Waals surface area contributed by atoms with Crippen LogP contribution in [0.15, 0.2) is 24.3 Å². The Bertz CT molecular complexity index is 497. The molecule has 0 bridgehead atoms. The molecule has 0 spiro atoms. The molecule has 0 saturated carbocycles. The first kappa shape index (κ1) is 11.2. The zero-order valence-electron chi connectivity index (χ0n) is 10.5. The van der Waals surface area contributed by atoms with E-state index in [1.54, 1.807) is 0 Å². The smallest absolute Gasteiger partial charge is 0.0482 e. The average molecular weight is 216 g/mol. The third kappa shape index (κ3) is 1.98. The average Bonchev–Trinajstić information content (AvgIpc) is 2.56. The highest BCUT2D eigenvalue weighted by Gasteiger charge is 2.08. The fourth-order valence-corrected chi connectivity index (χ4v) is 2.11. The zero-order chi connectivity index (χ0) is 11.7. The number of benzene rings is 1. The molecular formula is C14H20N2. The lowest BCUT2D eigenvalue weighted by atomic mass is 10.1. The summed E-state index contributed by atoms with van der Waals surface area (Å²) in [5, 5.41) is 4.62. The number of fused-ring (bicyclic) bond motifs is 1. The van der Waals surface area contributed by atoms with Gasteiger partial charge in [0.1, 0.15) is 0 Å². The van der Waals surface area contributed by atoms with Crippen molar-refractivity contribution in [2.75, 3.05) is 7.05 Å². The Labute approximate surface area is 97.3 Å². The molecule has 1 heterocycles. The van der Waals surface area contributed by atoms with Crippen LogP contribution in [0.5, 0.6) is 0 Å². The summed E-state index contributed by atoms with van der Waals surface area (Å²) in [6, 6.07) is 9.45. The van der Waals surface area contributed by atoms with Crippen molar-refractivity contribution in [3.63, 3.8) is 0 Å². The normalized spacial score (nSPS) is 13.2. The van der Waals surface area contributed by atoms with E-state index in [0.717, 1.165) is 6.42 Å². The molecule has 1 unspecified atom stereocenters. The van der Waals surface area contributed by atoms with Crippen LogP contribution in [-0.2, 0) is 13.5 Å². The highest BCUT2D eigenvalue weighted by atomic mass is 15.0. The Balaban J connectivity index is 2.44. The quantitative estimate of drug-likeness (QED) is 0.834. The monoisotopic (exact) mass is 216 g/mol.